The molecule has 0 aromatic heterocycles. The van der Waals surface area contributed by atoms with Gasteiger partial charge in [-0.25, -0.2) is 0 Å². The first-order chi connectivity index (χ1) is 7.50. The first-order valence-electron chi connectivity index (χ1n) is 6.31. The zero-order valence-corrected chi connectivity index (χ0v) is 10.9. The van der Waals surface area contributed by atoms with E-state index in [1.165, 1.54) is 11.1 Å². The summed E-state index contributed by atoms with van der Waals surface area (Å²) in [4.78, 5) is 0. The van der Waals surface area contributed by atoms with Crippen LogP contribution in [0.25, 0.3) is 0 Å². The molecule has 1 atom stereocenters. The molecule has 1 aromatic carbocycles. The Morgan fingerprint density at radius 2 is 1.81 bits per heavy atom. The van der Waals surface area contributed by atoms with Gasteiger partial charge in [0.2, 0.25) is 0 Å². The normalized spacial score (nSPS) is 23.9. The third-order valence-corrected chi connectivity index (χ3v) is 3.88. The quantitative estimate of drug-likeness (QED) is 0.799. The van der Waals surface area contributed by atoms with E-state index in [9.17, 15) is 0 Å². The maximum absolute atomic E-state index is 3.50. The lowest BCUT2D eigenvalue weighted by atomic mass is 9.77. The van der Waals surface area contributed by atoms with E-state index in [0.717, 1.165) is 13.1 Å². The van der Waals surface area contributed by atoms with E-state index in [-0.39, 0.29) is 0 Å². The molecule has 0 spiro atoms. The highest BCUT2D eigenvalue weighted by Crippen LogP contribution is 2.38. The first-order valence-corrected chi connectivity index (χ1v) is 6.31. The predicted octanol–water partition coefficient (Wildman–Crippen LogP) is 3.52. The van der Waals surface area contributed by atoms with Crippen LogP contribution >= 0.6 is 0 Å². The number of hydrogen-bond donors (Lipinski definition) is 1. The topological polar surface area (TPSA) is 12.0 Å². The average molecular weight is 217 g/mol. The van der Waals surface area contributed by atoms with Crippen LogP contribution in [0.2, 0.25) is 0 Å². The van der Waals surface area contributed by atoms with Gasteiger partial charge < -0.3 is 5.32 Å². The van der Waals surface area contributed by atoms with Crippen molar-refractivity contribution < 1.29 is 0 Å². The highest BCUT2D eigenvalue weighted by Gasteiger charge is 2.35. The molecule has 16 heavy (non-hydrogen) atoms. The summed E-state index contributed by atoms with van der Waals surface area (Å²) in [7, 11) is 0. The van der Waals surface area contributed by atoms with Gasteiger partial charge in [0.25, 0.3) is 0 Å². The summed E-state index contributed by atoms with van der Waals surface area (Å²) in [5.74, 6) is 1.29. The second-order valence-electron chi connectivity index (χ2n) is 5.99. The molecule has 1 N–H and O–H groups in total. The lowest BCUT2D eigenvalue weighted by Gasteiger charge is -2.26. The standard InChI is InChI=1S/C15H23N/c1-11(2)12-5-7-13(8-6-12)14-9-16-10-15(14,3)4/h5-8,11,14,16H,9-10H2,1-4H3. The Labute approximate surface area is 99.3 Å². The molecule has 1 aromatic rings. The van der Waals surface area contributed by atoms with Crippen LogP contribution in [-0.2, 0) is 0 Å². The molecule has 0 bridgehead atoms. The molecule has 0 amide bonds. The minimum absolute atomic E-state index is 0.388. The Balaban J connectivity index is 2.22. The van der Waals surface area contributed by atoms with Crippen LogP contribution in [0.5, 0.6) is 0 Å². The summed E-state index contributed by atoms with van der Waals surface area (Å²) in [5, 5.41) is 3.50. The highest BCUT2D eigenvalue weighted by atomic mass is 14.9. The lowest BCUT2D eigenvalue weighted by molar-refractivity contribution is 0.363. The monoisotopic (exact) mass is 217 g/mol. The maximum Gasteiger partial charge on any atom is 0.00267 e. The Kier molecular flexibility index (Phi) is 3.07. The molecule has 1 fully saturated rings. The minimum Gasteiger partial charge on any atom is -0.316 e. The van der Waals surface area contributed by atoms with Crippen molar-refractivity contribution in [2.75, 3.05) is 13.1 Å². The third kappa shape index (κ3) is 2.15. The van der Waals surface area contributed by atoms with E-state index in [1.54, 1.807) is 0 Å². The van der Waals surface area contributed by atoms with Crippen molar-refractivity contribution in [1.29, 1.82) is 0 Å². The SMILES string of the molecule is CC(C)c1ccc(C2CNCC2(C)C)cc1. The van der Waals surface area contributed by atoms with Gasteiger partial charge in [0.05, 0.1) is 0 Å². The molecule has 2 rings (SSSR count). The van der Waals surface area contributed by atoms with Crippen LogP contribution in [-0.4, -0.2) is 13.1 Å². The van der Waals surface area contributed by atoms with Gasteiger partial charge in [0.1, 0.15) is 0 Å². The largest absolute Gasteiger partial charge is 0.316 e. The van der Waals surface area contributed by atoms with E-state index in [1.807, 2.05) is 0 Å². The molecular weight excluding hydrogens is 194 g/mol. The highest BCUT2D eigenvalue weighted by molar-refractivity contribution is 5.29. The zero-order valence-electron chi connectivity index (χ0n) is 10.9. The van der Waals surface area contributed by atoms with Crippen molar-refractivity contribution in [2.45, 2.75) is 39.5 Å². The zero-order chi connectivity index (χ0) is 11.8. The van der Waals surface area contributed by atoms with Crippen molar-refractivity contribution in [3.63, 3.8) is 0 Å². The second kappa shape index (κ2) is 4.21. The van der Waals surface area contributed by atoms with E-state index in [2.05, 4.69) is 57.3 Å². The van der Waals surface area contributed by atoms with Crippen LogP contribution in [0.4, 0.5) is 0 Å². The number of rotatable bonds is 2. The molecule has 1 nitrogen and oxygen atoms in total. The van der Waals surface area contributed by atoms with E-state index in [4.69, 9.17) is 0 Å². The fourth-order valence-corrected chi connectivity index (χ4v) is 2.62. The van der Waals surface area contributed by atoms with Crippen molar-refractivity contribution in [3.8, 4) is 0 Å². The van der Waals surface area contributed by atoms with Gasteiger partial charge in [-0.2, -0.15) is 0 Å². The van der Waals surface area contributed by atoms with Crippen LogP contribution in [0.15, 0.2) is 24.3 Å². The molecule has 1 saturated heterocycles. The fraction of sp³-hybridized carbons (Fsp3) is 0.600. The maximum atomic E-state index is 3.50. The van der Waals surface area contributed by atoms with Gasteiger partial charge in [-0.15, -0.1) is 0 Å². The Morgan fingerprint density at radius 1 is 1.19 bits per heavy atom. The Morgan fingerprint density at radius 3 is 2.25 bits per heavy atom. The van der Waals surface area contributed by atoms with Gasteiger partial charge in [0.15, 0.2) is 0 Å². The predicted molar refractivity (Wildman–Crippen MR) is 69.9 cm³/mol. The van der Waals surface area contributed by atoms with E-state index in [0.29, 0.717) is 17.3 Å². The number of nitrogens with one attached hydrogen (secondary N) is 1. The molecule has 0 aliphatic carbocycles. The third-order valence-electron chi connectivity index (χ3n) is 3.88. The summed E-state index contributed by atoms with van der Waals surface area (Å²) in [6.45, 7) is 11.5. The first kappa shape index (κ1) is 11.7. The summed E-state index contributed by atoms with van der Waals surface area (Å²) < 4.78 is 0. The number of benzene rings is 1. The molecule has 0 radical (unpaired) electrons. The molecule has 1 unspecified atom stereocenters. The molecule has 1 aliphatic heterocycles. The van der Waals surface area contributed by atoms with Gasteiger partial charge in [-0.1, -0.05) is 52.0 Å². The van der Waals surface area contributed by atoms with E-state index >= 15 is 0 Å². The van der Waals surface area contributed by atoms with Crippen molar-refractivity contribution >= 4 is 0 Å². The van der Waals surface area contributed by atoms with Gasteiger partial charge >= 0.3 is 0 Å². The van der Waals surface area contributed by atoms with Gasteiger partial charge in [-0.05, 0) is 22.5 Å². The van der Waals surface area contributed by atoms with E-state index < -0.39 is 0 Å². The molecule has 1 aliphatic rings. The Hall–Kier alpha value is -0.820. The molecule has 1 heterocycles. The second-order valence-corrected chi connectivity index (χ2v) is 5.99. The summed E-state index contributed by atoms with van der Waals surface area (Å²) in [6, 6.07) is 9.20. The molecule has 88 valence electrons. The average Bonchev–Trinajstić information content (AvgIpc) is 2.58. The fourth-order valence-electron chi connectivity index (χ4n) is 2.62. The lowest BCUT2D eigenvalue weighted by Crippen LogP contribution is -2.20. The van der Waals surface area contributed by atoms with Crippen LogP contribution < -0.4 is 5.32 Å². The Bertz CT molecular complexity index is 348. The molecular formula is C15H23N. The summed E-state index contributed by atoms with van der Waals surface area (Å²) in [6.07, 6.45) is 0. The molecule has 1 heteroatoms. The van der Waals surface area contributed by atoms with Crippen LogP contribution in [0.1, 0.15) is 50.7 Å². The smallest absolute Gasteiger partial charge is 0.00267 e. The summed E-state index contributed by atoms with van der Waals surface area (Å²) >= 11 is 0. The van der Waals surface area contributed by atoms with Crippen molar-refractivity contribution in [3.05, 3.63) is 35.4 Å². The van der Waals surface area contributed by atoms with Crippen LogP contribution in [0.3, 0.4) is 0 Å². The van der Waals surface area contributed by atoms with Gasteiger partial charge in [0, 0.05) is 19.0 Å². The minimum atomic E-state index is 0.388. The van der Waals surface area contributed by atoms with Gasteiger partial charge in [-0.3, -0.25) is 0 Å². The van der Waals surface area contributed by atoms with Crippen molar-refractivity contribution in [2.24, 2.45) is 5.41 Å². The molecule has 0 saturated carbocycles. The summed E-state index contributed by atoms with van der Waals surface area (Å²) in [5.41, 5.74) is 3.31. The number of hydrogen-bond acceptors (Lipinski definition) is 1. The van der Waals surface area contributed by atoms with Crippen LogP contribution in [0, 0.1) is 5.41 Å². The van der Waals surface area contributed by atoms with Crippen molar-refractivity contribution in [1.82, 2.24) is 5.32 Å².